The van der Waals surface area contributed by atoms with E-state index in [0.717, 1.165) is 39.6 Å². The van der Waals surface area contributed by atoms with Crippen molar-refractivity contribution in [2.24, 2.45) is 9.98 Å². The fraction of sp³-hybridized carbons (Fsp3) is 0.0811. The van der Waals surface area contributed by atoms with Gasteiger partial charge < -0.3 is 4.74 Å². The molecule has 1 unspecified atom stereocenters. The maximum Gasteiger partial charge on any atom is 0.132 e. The summed E-state index contributed by atoms with van der Waals surface area (Å²) in [6.07, 6.45) is 1.81. The Kier molecular flexibility index (Phi) is 5.60. The lowest BCUT2D eigenvalue weighted by Gasteiger charge is -2.39. The molecule has 1 atom stereocenters. The molecule has 0 radical (unpaired) electrons. The Morgan fingerprint density at radius 1 is 0.700 bits per heavy atom. The molecule has 0 fully saturated rings. The molecule has 2 aliphatic rings. The second kappa shape index (κ2) is 9.32. The third kappa shape index (κ3) is 3.37. The van der Waals surface area contributed by atoms with E-state index in [1.807, 2.05) is 25.3 Å². The number of hydrogen-bond acceptors (Lipinski definition) is 3. The number of rotatable bonds is 5. The van der Waals surface area contributed by atoms with Crippen LogP contribution in [0.25, 0.3) is 22.5 Å². The number of para-hydroxylation sites is 1. The minimum Gasteiger partial charge on any atom is -0.457 e. The molecule has 0 amide bonds. The lowest BCUT2D eigenvalue weighted by atomic mass is 9.66. The van der Waals surface area contributed by atoms with Crippen molar-refractivity contribution in [2.45, 2.75) is 19.3 Å². The van der Waals surface area contributed by atoms with Crippen LogP contribution in [-0.2, 0) is 5.41 Å². The zero-order valence-corrected chi connectivity index (χ0v) is 22.6. The van der Waals surface area contributed by atoms with Crippen molar-refractivity contribution >= 4 is 24.3 Å². The van der Waals surface area contributed by atoms with E-state index in [1.54, 1.807) is 0 Å². The van der Waals surface area contributed by atoms with Crippen LogP contribution in [0.3, 0.4) is 0 Å². The van der Waals surface area contributed by atoms with Crippen LogP contribution < -0.4 is 4.74 Å². The SMILES string of the molecule is C=N/C(=C(\N=CC)c1cccc(C)c1)c1ccc(C23c4ccccc4Oc4cccc(c42)-c2ccccc23)cc1. The molecule has 7 rings (SSSR count). The van der Waals surface area contributed by atoms with Gasteiger partial charge in [0.05, 0.1) is 16.8 Å². The minimum absolute atomic E-state index is 0.484. The van der Waals surface area contributed by atoms with E-state index >= 15 is 0 Å². The predicted molar refractivity (Wildman–Crippen MR) is 166 cm³/mol. The van der Waals surface area contributed by atoms with Gasteiger partial charge in [0.1, 0.15) is 11.5 Å². The number of hydrogen-bond donors (Lipinski definition) is 0. The molecule has 40 heavy (non-hydrogen) atoms. The monoisotopic (exact) mass is 516 g/mol. The number of aryl methyl sites for hydroxylation is 1. The zero-order valence-electron chi connectivity index (χ0n) is 22.6. The highest BCUT2D eigenvalue weighted by atomic mass is 16.5. The summed E-state index contributed by atoms with van der Waals surface area (Å²) in [5.41, 5.74) is 11.5. The minimum atomic E-state index is -0.484. The molecular formula is C37H28N2O. The Morgan fingerprint density at radius 2 is 1.40 bits per heavy atom. The van der Waals surface area contributed by atoms with Crippen molar-refractivity contribution in [1.82, 2.24) is 0 Å². The van der Waals surface area contributed by atoms with E-state index in [9.17, 15) is 0 Å². The first-order valence-electron chi connectivity index (χ1n) is 13.5. The normalized spacial score (nSPS) is 16.9. The standard InChI is InChI=1S/C37H28N2O/c1-4-39-36(26-12-9-11-24(2)23-26)35(38-3)25-19-21-27(22-20-25)37-30-15-6-5-13-28(30)29-14-10-18-33(34(29)37)40-32-17-8-7-16-31(32)37/h4-23H,3H2,1-2H3/b36-35-,39-4?. The number of nitrogens with zero attached hydrogens (tertiary/aromatic N) is 2. The summed E-state index contributed by atoms with van der Waals surface area (Å²) in [5, 5.41) is 0. The first-order chi connectivity index (χ1) is 19.7. The van der Waals surface area contributed by atoms with Gasteiger partial charge in [0.15, 0.2) is 0 Å². The van der Waals surface area contributed by atoms with E-state index in [4.69, 9.17) is 9.73 Å². The molecule has 3 heteroatoms. The topological polar surface area (TPSA) is 34.0 Å². The largest absolute Gasteiger partial charge is 0.457 e. The molecule has 0 spiro atoms. The quantitative estimate of drug-likeness (QED) is 0.166. The van der Waals surface area contributed by atoms with Crippen molar-refractivity contribution in [3.8, 4) is 22.6 Å². The highest BCUT2D eigenvalue weighted by molar-refractivity contribution is 5.94. The summed E-state index contributed by atoms with van der Waals surface area (Å²) < 4.78 is 6.50. The molecule has 1 aliphatic heterocycles. The van der Waals surface area contributed by atoms with Gasteiger partial charge in [0.2, 0.25) is 0 Å². The molecule has 0 bridgehead atoms. The maximum absolute atomic E-state index is 6.50. The molecule has 5 aromatic rings. The smallest absolute Gasteiger partial charge is 0.132 e. The molecule has 3 nitrogen and oxygen atoms in total. The maximum atomic E-state index is 6.50. The zero-order chi connectivity index (χ0) is 27.3. The van der Waals surface area contributed by atoms with Crippen molar-refractivity contribution in [1.29, 1.82) is 0 Å². The van der Waals surface area contributed by atoms with Gasteiger partial charge in [-0.3, -0.25) is 9.98 Å². The number of benzene rings is 5. The lowest BCUT2D eigenvalue weighted by molar-refractivity contribution is 0.438. The summed E-state index contributed by atoms with van der Waals surface area (Å²) in [6.45, 7) is 7.94. The van der Waals surface area contributed by atoms with Gasteiger partial charge in [-0.15, -0.1) is 0 Å². The van der Waals surface area contributed by atoms with Gasteiger partial charge in [-0.05, 0) is 61.0 Å². The lowest BCUT2D eigenvalue weighted by Crippen LogP contribution is -2.31. The van der Waals surface area contributed by atoms with Crippen molar-refractivity contribution in [3.63, 3.8) is 0 Å². The van der Waals surface area contributed by atoms with Crippen molar-refractivity contribution in [3.05, 3.63) is 154 Å². The highest BCUT2D eigenvalue weighted by Gasteiger charge is 2.51. The Balaban J connectivity index is 1.47. The third-order valence-corrected chi connectivity index (χ3v) is 8.06. The average molecular weight is 517 g/mol. The third-order valence-electron chi connectivity index (χ3n) is 8.06. The van der Waals surface area contributed by atoms with Crippen LogP contribution in [0.4, 0.5) is 0 Å². The number of aliphatic imine (C=N–C) groups is 2. The summed E-state index contributed by atoms with van der Waals surface area (Å²) >= 11 is 0. The summed E-state index contributed by atoms with van der Waals surface area (Å²) in [5.74, 6) is 1.80. The molecule has 192 valence electrons. The molecule has 5 aromatic carbocycles. The van der Waals surface area contributed by atoms with E-state index in [2.05, 4.69) is 122 Å². The molecule has 1 aliphatic carbocycles. The fourth-order valence-electron chi connectivity index (χ4n) is 6.50. The van der Waals surface area contributed by atoms with Crippen LogP contribution in [0.5, 0.6) is 11.5 Å². The van der Waals surface area contributed by atoms with Crippen LogP contribution in [0.2, 0.25) is 0 Å². The Labute approximate surface area is 234 Å². The van der Waals surface area contributed by atoms with Crippen LogP contribution in [-0.4, -0.2) is 12.9 Å². The Morgan fingerprint density at radius 3 is 2.17 bits per heavy atom. The van der Waals surface area contributed by atoms with Crippen LogP contribution in [0, 0.1) is 6.92 Å². The number of fused-ring (bicyclic) bond motifs is 5. The first-order valence-corrected chi connectivity index (χ1v) is 13.5. The van der Waals surface area contributed by atoms with Crippen LogP contribution in [0.15, 0.2) is 125 Å². The van der Waals surface area contributed by atoms with Gasteiger partial charge in [-0.2, -0.15) is 0 Å². The van der Waals surface area contributed by atoms with E-state index < -0.39 is 5.41 Å². The summed E-state index contributed by atoms with van der Waals surface area (Å²) in [4.78, 5) is 9.20. The second-order valence-corrected chi connectivity index (χ2v) is 10.3. The fourth-order valence-corrected chi connectivity index (χ4v) is 6.50. The van der Waals surface area contributed by atoms with Crippen LogP contribution in [0.1, 0.15) is 45.9 Å². The van der Waals surface area contributed by atoms with E-state index in [-0.39, 0.29) is 0 Å². The molecule has 0 saturated heterocycles. The van der Waals surface area contributed by atoms with Gasteiger partial charge in [0, 0.05) is 28.5 Å². The van der Waals surface area contributed by atoms with Crippen molar-refractivity contribution < 1.29 is 4.74 Å². The number of ether oxygens (including phenoxy) is 1. The first kappa shape index (κ1) is 24.1. The molecule has 0 aromatic heterocycles. The predicted octanol–water partition coefficient (Wildman–Crippen LogP) is 9.08. The molecule has 0 N–H and O–H groups in total. The van der Waals surface area contributed by atoms with E-state index in [1.165, 1.54) is 33.4 Å². The summed E-state index contributed by atoms with van der Waals surface area (Å²) in [7, 11) is 0. The van der Waals surface area contributed by atoms with Gasteiger partial charge in [-0.25, -0.2) is 0 Å². The molecule has 1 heterocycles. The van der Waals surface area contributed by atoms with E-state index in [0.29, 0.717) is 0 Å². The Bertz CT molecular complexity index is 1860. The molecule has 0 saturated carbocycles. The highest BCUT2D eigenvalue weighted by Crippen LogP contribution is 2.63. The van der Waals surface area contributed by atoms with Gasteiger partial charge >= 0.3 is 0 Å². The van der Waals surface area contributed by atoms with Crippen molar-refractivity contribution in [2.75, 3.05) is 0 Å². The molecular weight excluding hydrogens is 488 g/mol. The van der Waals surface area contributed by atoms with Crippen LogP contribution >= 0.6 is 0 Å². The summed E-state index contributed by atoms with van der Waals surface area (Å²) in [6, 6.07) is 40.6. The second-order valence-electron chi connectivity index (χ2n) is 10.3. The van der Waals surface area contributed by atoms with Gasteiger partial charge in [0.25, 0.3) is 0 Å². The average Bonchev–Trinajstić information content (AvgIpc) is 3.30. The van der Waals surface area contributed by atoms with Gasteiger partial charge in [-0.1, -0.05) is 103 Å². The Hall–Kier alpha value is -5.02.